The van der Waals surface area contributed by atoms with Gasteiger partial charge < -0.3 is 5.32 Å². The van der Waals surface area contributed by atoms with Gasteiger partial charge >= 0.3 is 0 Å². The molecule has 0 aromatic heterocycles. The van der Waals surface area contributed by atoms with Crippen LogP contribution in [0.3, 0.4) is 0 Å². The van der Waals surface area contributed by atoms with Crippen LogP contribution in [0.15, 0.2) is 47.4 Å². The first-order valence-electron chi connectivity index (χ1n) is 6.73. The Bertz CT molecular complexity index is 722. The topological polar surface area (TPSA) is 46.2 Å². The average molecular weight is 297 g/mol. The van der Waals surface area contributed by atoms with Crippen LogP contribution in [-0.2, 0) is 9.59 Å². The Morgan fingerprint density at radius 3 is 2.33 bits per heavy atom. The number of aryl methyl sites for hydroxylation is 2. The van der Waals surface area contributed by atoms with Crippen molar-refractivity contribution in [2.24, 2.45) is 0 Å². The van der Waals surface area contributed by atoms with Gasteiger partial charge in [-0.25, -0.2) is 0 Å². The third-order valence-electron chi connectivity index (χ3n) is 3.47. The predicted octanol–water partition coefficient (Wildman–Crippen LogP) is 3.66. The number of benzene rings is 2. The normalized spacial score (nSPS) is 17.9. The van der Waals surface area contributed by atoms with Crippen molar-refractivity contribution in [3.8, 4) is 0 Å². The van der Waals surface area contributed by atoms with Crippen LogP contribution in [0.2, 0.25) is 0 Å². The van der Waals surface area contributed by atoms with Gasteiger partial charge in [-0.1, -0.05) is 35.9 Å². The number of anilines is 1. The van der Waals surface area contributed by atoms with Crippen molar-refractivity contribution in [2.45, 2.75) is 24.0 Å². The second-order valence-electron chi connectivity index (χ2n) is 5.23. The van der Waals surface area contributed by atoms with E-state index in [1.54, 1.807) is 0 Å². The molecule has 4 heteroatoms. The molecule has 2 aromatic carbocycles. The number of hydrogen-bond donors (Lipinski definition) is 1. The number of hydrogen-bond acceptors (Lipinski definition) is 3. The molecule has 0 radical (unpaired) electrons. The first-order chi connectivity index (χ1) is 10.0. The largest absolute Gasteiger partial charge is 0.318 e. The lowest BCUT2D eigenvalue weighted by Gasteiger charge is -2.13. The number of Topliss-reactive ketones (excluding diaryl/α,β-unsaturated/α-hetero) is 1. The van der Waals surface area contributed by atoms with Crippen LogP contribution in [0.4, 0.5) is 5.69 Å². The van der Waals surface area contributed by atoms with Crippen LogP contribution in [0.5, 0.6) is 0 Å². The van der Waals surface area contributed by atoms with Gasteiger partial charge in [-0.15, -0.1) is 11.8 Å². The molecule has 0 fully saturated rings. The molecule has 0 spiro atoms. The third-order valence-corrected chi connectivity index (χ3v) is 4.79. The zero-order valence-electron chi connectivity index (χ0n) is 11.8. The highest BCUT2D eigenvalue weighted by Crippen LogP contribution is 2.42. The molecule has 0 saturated carbocycles. The minimum atomic E-state index is -0.546. The van der Waals surface area contributed by atoms with Crippen LogP contribution in [0, 0.1) is 13.8 Å². The van der Waals surface area contributed by atoms with Crippen molar-refractivity contribution in [3.63, 3.8) is 0 Å². The van der Waals surface area contributed by atoms with E-state index in [1.165, 1.54) is 11.8 Å². The molecule has 3 nitrogen and oxygen atoms in total. The highest BCUT2D eigenvalue weighted by Gasteiger charge is 2.32. The molecule has 21 heavy (non-hydrogen) atoms. The Morgan fingerprint density at radius 1 is 0.952 bits per heavy atom. The fraction of sp³-hybridized carbons (Fsp3) is 0.176. The summed E-state index contributed by atoms with van der Waals surface area (Å²) in [4.78, 5) is 25.3. The number of carbonyl (C=O) groups is 2. The molecule has 0 bridgehead atoms. The summed E-state index contributed by atoms with van der Waals surface area (Å²) in [6, 6.07) is 13.5. The molecular formula is C17H15NO2S. The standard InChI is InChI=1S/C17H15NO2S/c1-10-3-6-12(7-4-10)16-15(19)17(20)18-13-8-5-11(2)9-14(13)21-16/h3-9,16H,1-2H3,(H,18,20). The Hall–Kier alpha value is -2.07. The van der Waals surface area contributed by atoms with Crippen LogP contribution in [0.1, 0.15) is 21.9 Å². The summed E-state index contributed by atoms with van der Waals surface area (Å²) in [7, 11) is 0. The average Bonchev–Trinajstić information content (AvgIpc) is 2.58. The number of fused-ring (bicyclic) bond motifs is 1. The van der Waals surface area contributed by atoms with E-state index in [-0.39, 0.29) is 0 Å². The summed E-state index contributed by atoms with van der Waals surface area (Å²) < 4.78 is 0. The summed E-state index contributed by atoms with van der Waals surface area (Å²) in [5.74, 6) is -0.951. The molecule has 1 atom stereocenters. The van der Waals surface area contributed by atoms with E-state index in [0.717, 1.165) is 21.6 Å². The Morgan fingerprint density at radius 2 is 1.62 bits per heavy atom. The van der Waals surface area contributed by atoms with Gasteiger partial charge in [0, 0.05) is 4.90 Å². The molecule has 1 aliphatic heterocycles. The molecule has 3 rings (SSSR count). The lowest BCUT2D eigenvalue weighted by Crippen LogP contribution is -2.25. The monoisotopic (exact) mass is 297 g/mol. The molecule has 1 heterocycles. The van der Waals surface area contributed by atoms with E-state index in [9.17, 15) is 9.59 Å². The molecule has 0 aliphatic carbocycles. The van der Waals surface area contributed by atoms with Gasteiger partial charge in [-0.3, -0.25) is 9.59 Å². The van der Waals surface area contributed by atoms with E-state index >= 15 is 0 Å². The van der Waals surface area contributed by atoms with Crippen molar-refractivity contribution in [3.05, 3.63) is 59.2 Å². The summed E-state index contributed by atoms with van der Waals surface area (Å²) in [6.45, 7) is 3.99. The lowest BCUT2D eigenvalue weighted by molar-refractivity contribution is -0.134. The van der Waals surface area contributed by atoms with Crippen molar-refractivity contribution < 1.29 is 9.59 Å². The van der Waals surface area contributed by atoms with Crippen LogP contribution in [-0.4, -0.2) is 11.7 Å². The number of thioether (sulfide) groups is 1. The number of carbonyl (C=O) groups excluding carboxylic acids is 2. The van der Waals surface area contributed by atoms with Crippen LogP contribution >= 0.6 is 11.8 Å². The molecule has 106 valence electrons. The van der Waals surface area contributed by atoms with Gasteiger partial charge in [0.2, 0.25) is 5.78 Å². The van der Waals surface area contributed by atoms with Crippen LogP contribution < -0.4 is 5.32 Å². The number of amides is 1. The van der Waals surface area contributed by atoms with Gasteiger partial charge in [-0.2, -0.15) is 0 Å². The van der Waals surface area contributed by atoms with E-state index in [1.807, 2.05) is 56.3 Å². The minimum Gasteiger partial charge on any atom is -0.318 e. The van der Waals surface area contributed by atoms with Gasteiger partial charge in [0.15, 0.2) is 0 Å². The van der Waals surface area contributed by atoms with E-state index in [2.05, 4.69) is 5.32 Å². The predicted molar refractivity (Wildman–Crippen MR) is 84.6 cm³/mol. The zero-order valence-corrected chi connectivity index (χ0v) is 12.7. The first-order valence-corrected chi connectivity index (χ1v) is 7.61. The molecular weight excluding hydrogens is 282 g/mol. The van der Waals surface area contributed by atoms with Gasteiger partial charge in [0.1, 0.15) is 5.25 Å². The quantitative estimate of drug-likeness (QED) is 0.817. The summed E-state index contributed by atoms with van der Waals surface area (Å²) in [5.41, 5.74) is 3.80. The lowest BCUT2D eigenvalue weighted by atomic mass is 10.1. The Labute approximate surface area is 127 Å². The van der Waals surface area contributed by atoms with E-state index in [4.69, 9.17) is 0 Å². The highest BCUT2D eigenvalue weighted by atomic mass is 32.2. The van der Waals surface area contributed by atoms with Crippen molar-refractivity contribution in [2.75, 3.05) is 5.32 Å². The van der Waals surface area contributed by atoms with E-state index in [0.29, 0.717) is 5.69 Å². The fourth-order valence-corrected chi connectivity index (χ4v) is 3.54. The second-order valence-corrected chi connectivity index (χ2v) is 6.37. The molecule has 1 N–H and O–H groups in total. The van der Waals surface area contributed by atoms with Gasteiger partial charge in [0.25, 0.3) is 5.91 Å². The third kappa shape index (κ3) is 2.72. The second kappa shape index (κ2) is 5.37. The minimum absolute atomic E-state index is 0.405. The van der Waals surface area contributed by atoms with Crippen LogP contribution in [0.25, 0.3) is 0 Å². The number of ketones is 1. The van der Waals surface area contributed by atoms with Crippen molar-refractivity contribution in [1.82, 2.24) is 0 Å². The van der Waals surface area contributed by atoms with Crippen molar-refractivity contribution in [1.29, 1.82) is 0 Å². The number of nitrogens with one attached hydrogen (secondary N) is 1. The SMILES string of the molecule is Cc1ccc(C2Sc3cc(C)ccc3NC(=O)C2=O)cc1. The zero-order chi connectivity index (χ0) is 15.0. The maximum Gasteiger partial charge on any atom is 0.293 e. The van der Waals surface area contributed by atoms with E-state index < -0.39 is 16.9 Å². The summed E-state index contributed by atoms with van der Waals surface area (Å²) >= 11 is 1.43. The molecule has 1 amide bonds. The molecule has 1 unspecified atom stereocenters. The highest BCUT2D eigenvalue weighted by molar-refractivity contribution is 8.00. The van der Waals surface area contributed by atoms with Gasteiger partial charge in [-0.05, 0) is 37.1 Å². The summed E-state index contributed by atoms with van der Waals surface area (Å²) in [5, 5.41) is 2.21. The molecule has 0 saturated heterocycles. The Kier molecular flexibility index (Phi) is 3.55. The smallest absolute Gasteiger partial charge is 0.293 e. The number of rotatable bonds is 1. The first kappa shape index (κ1) is 13.9. The van der Waals surface area contributed by atoms with Gasteiger partial charge in [0.05, 0.1) is 5.69 Å². The van der Waals surface area contributed by atoms with Crippen molar-refractivity contribution >= 4 is 29.1 Å². The Balaban J connectivity index is 2.05. The maximum absolute atomic E-state index is 12.4. The molecule has 1 aliphatic rings. The maximum atomic E-state index is 12.4. The molecule has 2 aromatic rings. The summed E-state index contributed by atoms with van der Waals surface area (Å²) in [6.07, 6.45) is 0. The fourth-order valence-electron chi connectivity index (χ4n) is 2.27.